The van der Waals surface area contributed by atoms with Crippen LogP contribution in [0, 0.1) is 5.92 Å². The third kappa shape index (κ3) is 3.23. The normalized spacial score (nSPS) is 25.5. The van der Waals surface area contributed by atoms with Crippen LogP contribution < -0.4 is 0 Å². The quantitative estimate of drug-likeness (QED) is 0.597. The predicted molar refractivity (Wildman–Crippen MR) is 64.4 cm³/mol. The summed E-state index contributed by atoms with van der Waals surface area (Å²) in [4.78, 5) is 12.0. The predicted octanol–water partition coefficient (Wildman–Crippen LogP) is 3.08. The highest BCUT2D eigenvalue weighted by molar-refractivity contribution is 6.77. The minimum atomic E-state index is -1.54. The molecule has 88 valence electrons. The van der Waals surface area contributed by atoms with Gasteiger partial charge in [0.15, 0.2) is 8.24 Å². The Bertz CT molecular complexity index is 258. The molecule has 15 heavy (non-hydrogen) atoms. The smallest absolute Gasteiger partial charge is 0.402 e. The first-order valence-electron chi connectivity index (χ1n) is 5.62. The van der Waals surface area contributed by atoms with Crippen molar-refractivity contribution < 1.29 is 9.53 Å². The van der Waals surface area contributed by atoms with Crippen LogP contribution in [0.25, 0.3) is 0 Å². The summed E-state index contributed by atoms with van der Waals surface area (Å²) in [6.45, 7) is 13.3. The van der Waals surface area contributed by atoms with Crippen molar-refractivity contribution in [1.29, 1.82) is 0 Å². The van der Waals surface area contributed by atoms with E-state index in [9.17, 15) is 4.79 Å². The average Bonchev–Trinajstić information content (AvgIpc) is 2.20. The van der Waals surface area contributed by atoms with Gasteiger partial charge in [-0.1, -0.05) is 20.0 Å². The van der Waals surface area contributed by atoms with Crippen molar-refractivity contribution in [3.63, 3.8) is 0 Å². The van der Waals surface area contributed by atoms with Crippen LogP contribution in [0.5, 0.6) is 0 Å². The zero-order valence-corrected chi connectivity index (χ0v) is 11.8. The van der Waals surface area contributed by atoms with Crippen LogP contribution in [-0.4, -0.2) is 31.0 Å². The molecule has 1 aliphatic heterocycles. The standard InChI is InChI=1S/C11H23NO2Si/c1-9-7-12(15(5,6)8-9)10(13)14-11(2,3)4/h9H,7-8H2,1-6H3. The Hall–Kier alpha value is -0.513. The van der Waals surface area contributed by atoms with Gasteiger partial charge in [-0.25, -0.2) is 4.79 Å². The summed E-state index contributed by atoms with van der Waals surface area (Å²) in [5, 5.41) is 0. The molecule has 1 unspecified atom stereocenters. The van der Waals surface area contributed by atoms with Crippen molar-refractivity contribution in [2.75, 3.05) is 6.54 Å². The van der Waals surface area contributed by atoms with Gasteiger partial charge in [-0.2, -0.15) is 0 Å². The molecule has 1 fully saturated rings. The highest BCUT2D eigenvalue weighted by atomic mass is 28.3. The third-order valence-electron chi connectivity index (χ3n) is 2.69. The topological polar surface area (TPSA) is 29.5 Å². The molecule has 0 N–H and O–H groups in total. The highest BCUT2D eigenvalue weighted by Gasteiger charge is 2.43. The summed E-state index contributed by atoms with van der Waals surface area (Å²) in [6, 6.07) is 1.19. The lowest BCUT2D eigenvalue weighted by molar-refractivity contribution is 0.0380. The number of hydrogen-bond donors (Lipinski definition) is 0. The summed E-state index contributed by atoms with van der Waals surface area (Å²) < 4.78 is 7.42. The second kappa shape index (κ2) is 3.81. The molecule has 1 saturated heterocycles. The number of carbonyl (C=O) groups excluding carboxylic acids is 1. The fourth-order valence-corrected chi connectivity index (χ4v) is 5.63. The largest absolute Gasteiger partial charge is 0.444 e. The maximum Gasteiger partial charge on any atom is 0.402 e. The Morgan fingerprint density at radius 2 is 1.93 bits per heavy atom. The molecule has 1 amide bonds. The van der Waals surface area contributed by atoms with Crippen LogP contribution in [0.1, 0.15) is 27.7 Å². The SMILES string of the molecule is CC1CN(C(=O)OC(C)(C)C)[Si](C)(C)C1. The molecule has 3 nitrogen and oxygen atoms in total. The molecule has 0 aromatic rings. The van der Waals surface area contributed by atoms with E-state index in [1.807, 2.05) is 25.3 Å². The minimum absolute atomic E-state index is 0.122. The van der Waals surface area contributed by atoms with Gasteiger partial charge in [-0.3, -0.25) is 0 Å². The van der Waals surface area contributed by atoms with Crippen molar-refractivity contribution in [3.8, 4) is 0 Å². The molecule has 0 saturated carbocycles. The van der Waals surface area contributed by atoms with Gasteiger partial charge in [-0.15, -0.1) is 0 Å². The van der Waals surface area contributed by atoms with E-state index in [0.29, 0.717) is 5.92 Å². The number of ether oxygens (including phenoxy) is 1. The lowest BCUT2D eigenvalue weighted by Crippen LogP contribution is -2.48. The molecular formula is C11H23NO2Si. The summed E-state index contributed by atoms with van der Waals surface area (Å²) in [7, 11) is -1.54. The second-order valence-corrected chi connectivity index (χ2v) is 10.8. The lowest BCUT2D eigenvalue weighted by Gasteiger charge is -2.32. The summed E-state index contributed by atoms with van der Waals surface area (Å²) >= 11 is 0. The number of amides is 1. The van der Waals surface area contributed by atoms with Gasteiger partial charge in [0.25, 0.3) is 0 Å². The summed E-state index contributed by atoms with van der Waals surface area (Å²) in [5.41, 5.74) is -0.382. The molecule has 1 atom stereocenters. The van der Waals surface area contributed by atoms with Crippen molar-refractivity contribution in [2.24, 2.45) is 5.92 Å². The molecule has 0 radical (unpaired) electrons. The number of nitrogens with zero attached hydrogens (tertiary/aromatic N) is 1. The van der Waals surface area contributed by atoms with Gasteiger partial charge in [0.05, 0.1) is 0 Å². The zero-order chi connectivity index (χ0) is 11.9. The fraction of sp³-hybridized carbons (Fsp3) is 0.909. The van der Waals surface area contributed by atoms with E-state index in [2.05, 4.69) is 20.0 Å². The number of rotatable bonds is 0. The molecule has 1 aliphatic rings. The minimum Gasteiger partial charge on any atom is -0.444 e. The molecule has 0 aromatic carbocycles. The highest BCUT2D eigenvalue weighted by Crippen LogP contribution is 2.31. The first-order chi connectivity index (χ1) is 6.62. The van der Waals surface area contributed by atoms with Crippen LogP contribution in [0.3, 0.4) is 0 Å². The van der Waals surface area contributed by atoms with Crippen LogP contribution in [0.15, 0.2) is 0 Å². The van der Waals surface area contributed by atoms with E-state index in [1.54, 1.807) is 0 Å². The van der Waals surface area contributed by atoms with Crippen molar-refractivity contribution >= 4 is 14.3 Å². The molecule has 4 heteroatoms. The van der Waals surface area contributed by atoms with Gasteiger partial charge < -0.3 is 9.30 Å². The van der Waals surface area contributed by atoms with E-state index in [1.165, 1.54) is 6.04 Å². The molecule has 0 aliphatic carbocycles. The van der Waals surface area contributed by atoms with Crippen molar-refractivity contribution in [3.05, 3.63) is 0 Å². The molecule has 1 heterocycles. The lowest BCUT2D eigenvalue weighted by atomic mass is 10.2. The fourth-order valence-electron chi connectivity index (χ4n) is 2.22. The first-order valence-corrected chi connectivity index (χ1v) is 8.78. The van der Waals surface area contributed by atoms with E-state index in [4.69, 9.17) is 4.74 Å². The van der Waals surface area contributed by atoms with Crippen LogP contribution in [0.2, 0.25) is 19.1 Å². The van der Waals surface area contributed by atoms with Gasteiger partial charge >= 0.3 is 6.09 Å². The summed E-state index contributed by atoms with van der Waals surface area (Å²) in [5.74, 6) is 0.624. The third-order valence-corrected chi connectivity index (χ3v) is 6.21. The van der Waals surface area contributed by atoms with Crippen molar-refractivity contribution in [1.82, 2.24) is 4.57 Å². The van der Waals surface area contributed by atoms with Crippen LogP contribution in [-0.2, 0) is 4.74 Å². The average molecular weight is 229 g/mol. The Balaban J connectivity index is 2.68. The van der Waals surface area contributed by atoms with E-state index >= 15 is 0 Å². The zero-order valence-electron chi connectivity index (χ0n) is 10.8. The maximum atomic E-state index is 12.0. The van der Waals surface area contributed by atoms with Crippen LogP contribution in [0.4, 0.5) is 4.79 Å². The molecule has 0 spiro atoms. The molecule has 0 aromatic heterocycles. The van der Waals surface area contributed by atoms with Gasteiger partial charge in [0.2, 0.25) is 0 Å². The van der Waals surface area contributed by atoms with Gasteiger partial charge in [-0.05, 0) is 32.7 Å². The van der Waals surface area contributed by atoms with Gasteiger partial charge in [0.1, 0.15) is 5.60 Å². The first kappa shape index (κ1) is 12.6. The number of hydrogen-bond acceptors (Lipinski definition) is 2. The van der Waals surface area contributed by atoms with E-state index in [0.717, 1.165) is 6.54 Å². The van der Waals surface area contributed by atoms with E-state index in [-0.39, 0.29) is 11.7 Å². The van der Waals surface area contributed by atoms with E-state index < -0.39 is 8.24 Å². The maximum absolute atomic E-state index is 12.0. The Labute approximate surface area is 93.9 Å². The van der Waals surface area contributed by atoms with Crippen LogP contribution >= 0.6 is 0 Å². The molecule has 0 bridgehead atoms. The Kier molecular flexibility index (Phi) is 3.19. The van der Waals surface area contributed by atoms with Crippen molar-refractivity contribution in [2.45, 2.75) is 52.4 Å². The second-order valence-electron chi connectivity index (χ2n) is 6.21. The monoisotopic (exact) mass is 229 g/mol. The number of carbonyl (C=O) groups is 1. The molecular weight excluding hydrogens is 206 g/mol. The molecule has 1 rings (SSSR count). The van der Waals surface area contributed by atoms with Gasteiger partial charge in [0, 0.05) is 6.54 Å². The Morgan fingerprint density at radius 3 is 2.27 bits per heavy atom. The summed E-state index contributed by atoms with van der Waals surface area (Å²) in [6.07, 6.45) is -0.122. The Morgan fingerprint density at radius 1 is 1.40 bits per heavy atom.